The van der Waals surface area contributed by atoms with E-state index in [1.165, 1.54) is 173 Å². The zero-order chi connectivity index (χ0) is 85.7. The van der Waals surface area contributed by atoms with E-state index in [-0.39, 0.29) is 25.7 Å². The van der Waals surface area contributed by atoms with Crippen LogP contribution in [0, 0.1) is 11.8 Å². The molecule has 2 heterocycles. The summed E-state index contributed by atoms with van der Waals surface area (Å²) in [4.78, 5) is 66.5. The number of aliphatic hydroxyl groups is 9. The third kappa shape index (κ3) is 49.5. The standard InChI is InChI=1S/C91H169O25P/c1-7-11-15-19-23-25-27-29-31-33-35-45-53-61-74(93)107-66-71(110-76(95)63-55-47-36-34-32-30-28-26-24-20-16-12-8-2)67-109-117(105,106)116-89-87(114-90-84(103)80(99)78(97)72(65-92)111-90)83(102)82(101)86(113-77(96)64-56-48-40-38-44-52-60-70(6)58-50-42-22-18-14-10-4)88(89)115-91-85(104)81(100)79(98)73(112-91)68-108-75(94)62-54-46-39-37-43-51-59-69(5)57-49-41-21-17-13-9-3/h30,32,69-73,78-92,97-104H,7-29,31,33-68H2,1-6H3,(H,105,106)/b32-30-. The van der Waals surface area contributed by atoms with Gasteiger partial charge in [-0.1, -0.05) is 336 Å². The summed E-state index contributed by atoms with van der Waals surface area (Å²) in [5, 5.41) is 102. The van der Waals surface area contributed by atoms with Crippen molar-refractivity contribution in [3.05, 3.63) is 12.2 Å². The Bertz CT molecular complexity index is 2520. The molecular formula is C91H169O25P. The molecule has 0 aromatic rings. The van der Waals surface area contributed by atoms with Crippen molar-refractivity contribution in [3.63, 3.8) is 0 Å². The molecule has 3 rings (SSSR count). The van der Waals surface area contributed by atoms with Gasteiger partial charge in [0.15, 0.2) is 24.8 Å². The SMILES string of the molecule is CCCCCCCC/C=C\CCCCCC(=O)OC(COC(=O)CCCCCCCCCCCCCCC)COP(=O)(O)OC1C(OC2OC(CO)C(O)C(O)C2O)C(O)C(O)C(OC(=O)CCCCCCCCC(C)CCCCCCCC)C1OC1OC(COC(=O)CCCCCCCCC(C)CCCCCCCC)C(O)C(O)C1O. The van der Waals surface area contributed by atoms with E-state index in [2.05, 4.69) is 53.7 Å². The first kappa shape index (κ1) is 108. The predicted molar refractivity (Wildman–Crippen MR) is 453 cm³/mol. The highest BCUT2D eigenvalue weighted by Crippen LogP contribution is 2.49. The average Bonchev–Trinajstić information content (AvgIpc) is 0.754. The first-order valence-corrected chi connectivity index (χ1v) is 48.7. The lowest BCUT2D eigenvalue weighted by molar-refractivity contribution is -0.360. The fourth-order valence-electron chi connectivity index (χ4n) is 15.9. The number of allylic oxidation sites excluding steroid dienone is 2. The van der Waals surface area contributed by atoms with Crippen LogP contribution in [0.5, 0.6) is 0 Å². The fourth-order valence-corrected chi connectivity index (χ4v) is 16.8. The topological polar surface area (TPSA) is 380 Å². The molecule has 26 heteroatoms. The van der Waals surface area contributed by atoms with E-state index in [9.17, 15) is 74.6 Å². The van der Waals surface area contributed by atoms with Crippen molar-refractivity contribution in [2.75, 3.05) is 26.4 Å². The molecule has 0 aromatic carbocycles. The number of carbonyl (C=O) groups excluding carboxylic acids is 4. The Hall–Kier alpha value is -2.79. The Labute approximate surface area is 705 Å². The van der Waals surface area contributed by atoms with Crippen molar-refractivity contribution >= 4 is 31.7 Å². The van der Waals surface area contributed by atoms with Gasteiger partial charge in [0.1, 0.15) is 92.6 Å². The van der Waals surface area contributed by atoms with Gasteiger partial charge >= 0.3 is 31.7 Å². The Kier molecular flexibility index (Phi) is 63.5. The number of ether oxygens (including phenoxy) is 8. The molecule has 1 saturated carbocycles. The number of rotatable bonds is 75. The summed E-state index contributed by atoms with van der Waals surface area (Å²) in [5.74, 6) is -1.67. The van der Waals surface area contributed by atoms with Gasteiger partial charge in [0.05, 0.1) is 13.2 Å². The maximum atomic E-state index is 14.9. The van der Waals surface area contributed by atoms with E-state index in [0.29, 0.717) is 50.4 Å². The maximum absolute atomic E-state index is 14.9. The first-order valence-electron chi connectivity index (χ1n) is 47.2. The number of esters is 4. The van der Waals surface area contributed by atoms with Gasteiger partial charge in [-0.3, -0.25) is 28.2 Å². The molecule has 0 bridgehead atoms. The second-order valence-corrected chi connectivity index (χ2v) is 35.8. The molecule has 25 nitrogen and oxygen atoms in total. The number of hydrogen-bond donors (Lipinski definition) is 10. The minimum absolute atomic E-state index is 0.0149. The maximum Gasteiger partial charge on any atom is 0.472 e. The van der Waals surface area contributed by atoms with Gasteiger partial charge in [-0.05, 0) is 63.2 Å². The highest BCUT2D eigenvalue weighted by molar-refractivity contribution is 7.47. The Morgan fingerprint density at radius 3 is 1.11 bits per heavy atom. The Morgan fingerprint density at radius 2 is 0.692 bits per heavy atom. The largest absolute Gasteiger partial charge is 0.472 e. The van der Waals surface area contributed by atoms with Crippen LogP contribution >= 0.6 is 7.82 Å². The summed E-state index contributed by atoms with van der Waals surface area (Å²) in [6, 6.07) is 0. The highest BCUT2D eigenvalue weighted by atomic mass is 31.2. The van der Waals surface area contributed by atoms with Crippen LogP contribution in [-0.4, -0.2) is 205 Å². The number of aliphatic hydroxyl groups excluding tert-OH is 9. The predicted octanol–water partition coefficient (Wildman–Crippen LogP) is 17.3. The lowest BCUT2D eigenvalue weighted by Gasteiger charge is -2.50. The molecule has 0 aromatic heterocycles. The average molecular weight is 1690 g/mol. The number of phosphoric acid groups is 1. The molecule has 3 aliphatic rings. The summed E-state index contributed by atoms with van der Waals surface area (Å²) < 4.78 is 73.5. The molecule has 20 unspecified atom stereocenters. The molecular weight excluding hydrogens is 1520 g/mol. The quantitative estimate of drug-likeness (QED) is 0.00889. The smallest absolute Gasteiger partial charge is 0.463 e. The fraction of sp³-hybridized carbons (Fsp3) is 0.934. The molecule has 0 spiro atoms. The monoisotopic (exact) mass is 1690 g/mol. The highest BCUT2D eigenvalue weighted by Gasteiger charge is 2.60. The Morgan fingerprint density at radius 1 is 0.359 bits per heavy atom. The molecule has 1 aliphatic carbocycles. The molecule has 0 amide bonds. The molecule has 2 saturated heterocycles. The Balaban J connectivity index is 1.93. The number of unbranched alkanes of at least 4 members (excludes halogenated alkanes) is 41. The van der Waals surface area contributed by atoms with Crippen LogP contribution in [0.1, 0.15) is 401 Å². The van der Waals surface area contributed by atoms with Crippen molar-refractivity contribution in [2.24, 2.45) is 11.8 Å². The number of phosphoric ester groups is 1. The van der Waals surface area contributed by atoms with Crippen molar-refractivity contribution < 1.29 is 122 Å². The van der Waals surface area contributed by atoms with Crippen LogP contribution in [-0.2, 0) is 70.7 Å². The van der Waals surface area contributed by atoms with Gasteiger partial charge in [-0.2, -0.15) is 0 Å². The summed E-state index contributed by atoms with van der Waals surface area (Å²) in [5.41, 5.74) is 0. The normalized spacial score (nSPS) is 25.6. The zero-order valence-corrected chi connectivity index (χ0v) is 74.5. The van der Waals surface area contributed by atoms with E-state index in [0.717, 1.165) is 122 Å². The van der Waals surface area contributed by atoms with Crippen LogP contribution in [0.15, 0.2) is 12.2 Å². The summed E-state index contributed by atoms with van der Waals surface area (Å²) in [7, 11) is -5.81. The second kappa shape index (κ2) is 68.5. The minimum atomic E-state index is -5.81. The second-order valence-electron chi connectivity index (χ2n) is 34.4. The van der Waals surface area contributed by atoms with Crippen LogP contribution in [0.2, 0.25) is 0 Å². The third-order valence-corrected chi connectivity index (χ3v) is 24.5. The van der Waals surface area contributed by atoms with Gasteiger partial charge in [0.2, 0.25) is 0 Å². The van der Waals surface area contributed by atoms with Gasteiger partial charge in [0, 0.05) is 25.7 Å². The number of hydrogen-bond acceptors (Lipinski definition) is 24. The molecule has 0 radical (unpaired) electrons. The van der Waals surface area contributed by atoms with Gasteiger partial charge in [-0.15, -0.1) is 0 Å². The lowest BCUT2D eigenvalue weighted by Crippen LogP contribution is -2.70. The van der Waals surface area contributed by atoms with Crippen LogP contribution in [0.3, 0.4) is 0 Å². The van der Waals surface area contributed by atoms with E-state index in [4.69, 9.17) is 46.9 Å². The van der Waals surface area contributed by atoms with Crippen molar-refractivity contribution in [2.45, 2.75) is 505 Å². The van der Waals surface area contributed by atoms with E-state index >= 15 is 0 Å². The molecule has 20 atom stereocenters. The van der Waals surface area contributed by atoms with Gasteiger partial charge in [-0.25, -0.2) is 4.57 Å². The molecule has 3 fully saturated rings. The summed E-state index contributed by atoms with van der Waals surface area (Å²) in [6.45, 7) is 10.2. The van der Waals surface area contributed by atoms with Gasteiger partial charge < -0.3 is 88.7 Å². The molecule has 117 heavy (non-hydrogen) atoms. The van der Waals surface area contributed by atoms with Crippen molar-refractivity contribution in [1.29, 1.82) is 0 Å². The molecule has 10 N–H and O–H groups in total. The van der Waals surface area contributed by atoms with E-state index in [1.54, 1.807) is 0 Å². The lowest BCUT2D eigenvalue weighted by atomic mass is 9.84. The first-order chi connectivity index (χ1) is 56.5. The van der Waals surface area contributed by atoms with Crippen LogP contribution in [0.4, 0.5) is 0 Å². The molecule has 2 aliphatic heterocycles. The van der Waals surface area contributed by atoms with E-state index < -0.39 is 162 Å². The molecule has 688 valence electrons. The van der Waals surface area contributed by atoms with Crippen LogP contribution in [0.25, 0.3) is 0 Å². The minimum Gasteiger partial charge on any atom is -0.463 e. The summed E-state index contributed by atoms with van der Waals surface area (Å²) in [6.07, 6.45) is 23.7. The summed E-state index contributed by atoms with van der Waals surface area (Å²) >= 11 is 0. The third-order valence-electron chi connectivity index (χ3n) is 23.6. The van der Waals surface area contributed by atoms with Crippen LogP contribution < -0.4 is 0 Å². The van der Waals surface area contributed by atoms with Gasteiger partial charge in [0.25, 0.3) is 0 Å². The number of carbonyl (C=O) groups is 4. The van der Waals surface area contributed by atoms with Crippen molar-refractivity contribution in [1.82, 2.24) is 0 Å². The van der Waals surface area contributed by atoms with Crippen molar-refractivity contribution in [3.8, 4) is 0 Å². The van der Waals surface area contributed by atoms with E-state index in [1.807, 2.05) is 0 Å². The zero-order valence-electron chi connectivity index (χ0n) is 73.6.